The molecule has 2 N–H and O–H groups in total. The van der Waals surface area contributed by atoms with Gasteiger partial charge in [0.15, 0.2) is 5.82 Å². The van der Waals surface area contributed by atoms with Crippen LogP contribution in [0.3, 0.4) is 0 Å². The summed E-state index contributed by atoms with van der Waals surface area (Å²) < 4.78 is 16.5. The summed E-state index contributed by atoms with van der Waals surface area (Å²) in [4.78, 5) is 16.4. The third-order valence-electron chi connectivity index (χ3n) is 5.44. The Morgan fingerprint density at radius 1 is 1.03 bits per heavy atom. The predicted molar refractivity (Wildman–Crippen MR) is 127 cm³/mol. The van der Waals surface area contributed by atoms with Gasteiger partial charge in [0.05, 0.1) is 6.54 Å². The standard InChI is InChI=1S/C25H30N4O5/c1-19-15-24(27-34-19)26-25(31)17-29-13-11-28(12-14-29)16-20(30)18-32-21-7-9-23(10-8-21)33-22-5-3-2-4-6-22/h2-10,15,20,30H,11-14,16-18H2,1H3,(H,26,27,31)/t20-/m0/s1. The Hall–Kier alpha value is -3.40. The van der Waals surface area contributed by atoms with Gasteiger partial charge >= 0.3 is 0 Å². The molecule has 2 heterocycles. The number of anilines is 1. The van der Waals surface area contributed by atoms with Gasteiger partial charge < -0.3 is 24.4 Å². The number of para-hydroxylation sites is 1. The van der Waals surface area contributed by atoms with Crippen LogP contribution in [0.5, 0.6) is 17.2 Å². The molecule has 1 amide bonds. The average Bonchev–Trinajstić information content (AvgIpc) is 3.25. The Balaban J connectivity index is 1.12. The molecule has 0 spiro atoms. The number of rotatable bonds is 10. The molecule has 0 saturated carbocycles. The lowest BCUT2D eigenvalue weighted by molar-refractivity contribution is -0.117. The van der Waals surface area contributed by atoms with Gasteiger partial charge in [0.2, 0.25) is 5.91 Å². The maximum Gasteiger partial charge on any atom is 0.239 e. The number of hydrogen-bond donors (Lipinski definition) is 2. The smallest absolute Gasteiger partial charge is 0.239 e. The maximum atomic E-state index is 12.2. The van der Waals surface area contributed by atoms with Crippen molar-refractivity contribution in [3.63, 3.8) is 0 Å². The van der Waals surface area contributed by atoms with Crippen molar-refractivity contribution in [2.24, 2.45) is 0 Å². The van der Waals surface area contributed by atoms with Crippen LogP contribution in [0.1, 0.15) is 5.76 Å². The molecule has 1 aliphatic heterocycles. The fraction of sp³-hybridized carbons (Fsp3) is 0.360. The van der Waals surface area contributed by atoms with Gasteiger partial charge in [0, 0.05) is 38.8 Å². The van der Waals surface area contributed by atoms with E-state index in [0.717, 1.165) is 37.7 Å². The second-order valence-corrected chi connectivity index (χ2v) is 8.30. The lowest BCUT2D eigenvalue weighted by atomic mass is 10.2. The van der Waals surface area contributed by atoms with Crippen molar-refractivity contribution >= 4 is 11.7 Å². The van der Waals surface area contributed by atoms with E-state index in [4.69, 9.17) is 14.0 Å². The molecule has 9 nitrogen and oxygen atoms in total. The van der Waals surface area contributed by atoms with E-state index in [1.54, 1.807) is 13.0 Å². The number of nitrogens with zero attached hydrogens (tertiary/aromatic N) is 3. The van der Waals surface area contributed by atoms with Crippen molar-refractivity contribution in [1.82, 2.24) is 15.0 Å². The van der Waals surface area contributed by atoms with Gasteiger partial charge in [-0.1, -0.05) is 23.4 Å². The molecule has 0 radical (unpaired) electrons. The van der Waals surface area contributed by atoms with Crippen LogP contribution in [0, 0.1) is 6.92 Å². The van der Waals surface area contributed by atoms with E-state index in [0.29, 0.717) is 30.4 Å². The minimum absolute atomic E-state index is 0.115. The summed E-state index contributed by atoms with van der Waals surface area (Å²) in [6.45, 7) is 5.86. The van der Waals surface area contributed by atoms with E-state index < -0.39 is 6.10 Å². The van der Waals surface area contributed by atoms with E-state index in [1.807, 2.05) is 54.6 Å². The van der Waals surface area contributed by atoms with Crippen LogP contribution in [0.25, 0.3) is 0 Å². The van der Waals surface area contributed by atoms with Crippen molar-refractivity contribution < 1.29 is 23.9 Å². The van der Waals surface area contributed by atoms with Crippen LogP contribution >= 0.6 is 0 Å². The van der Waals surface area contributed by atoms with Crippen molar-refractivity contribution in [3.8, 4) is 17.2 Å². The number of amides is 1. The lowest BCUT2D eigenvalue weighted by Crippen LogP contribution is -2.50. The fourth-order valence-electron chi connectivity index (χ4n) is 3.71. The van der Waals surface area contributed by atoms with E-state index in [-0.39, 0.29) is 12.5 Å². The summed E-state index contributed by atoms with van der Waals surface area (Å²) in [7, 11) is 0. The maximum absolute atomic E-state index is 12.2. The van der Waals surface area contributed by atoms with E-state index in [9.17, 15) is 9.90 Å². The summed E-state index contributed by atoms with van der Waals surface area (Å²) in [5.41, 5.74) is 0. The van der Waals surface area contributed by atoms with Gasteiger partial charge in [-0.15, -0.1) is 0 Å². The topological polar surface area (TPSA) is 100 Å². The average molecular weight is 467 g/mol. The zero-order valence-electron chi connectivity index (χ0n) is 19.2. The summed E-state index contributed by atoms with van der Waals surface area (Å²) in [6, 6.07) is 18.6. The Labute approximate surface area is 198 Å². The first-order valence-electron chi connectivity index (χ1n) is 11.4. The number of aliphatic hydroxyl groups is 1. The SMILES string of the molecule is Cc1cc(NC(=O)CN2CCN(C[C@H](O)COc3ccc(Oc4ccccc4)cc3)CC2)no1. The molecule has 9 heteroatoms. The van der Waals surface area contributed by atoms with Gasteiger partial charge in [-0.05, 0) is 43.3 Å². The Morgan fingerprint density at radius 3 is 2.35 bits per heavy atom. The van der Waals surface area contributed by atoms with Gasteiger partial charge in [0.25, 0.3) is 0 Å². The molecular weight excluding hydrogens is 436 g/mol. The Morgan fingerprint density at radius 2 is 1.68 bits per heavy atom. The van der Waals surface area contributed by atoms with Gasteiger partial charge in [0.1, 0.15) is 35.7 Å². The molecule has 1 aromatic heterocycles. The summed E-state index contributed by atoms with van der Waals surface area (Å²) in [6.07, 6.45) is -0.606. The second kappa shape index (κ2) is 11.6. The number of aliphatic hydroxyl groups excluding tert-OH is 1. The van der Waals surface area contributed by atoms with Crippen LogP contribution < -0.4 is 14.8 Å². The molecule has 1 fully saturated rings. The molecule has 0 aliphatic carbocycles. The normalized spacial score (nSPS) is 15.6. The number of aryl methyl sites for hydroxylation is 1. The number of hydrogen-bond acceptors (Lipinski definition) is 8. The fourth-order valence-corrected chi connectivity index (χ4v) is 3.71. The number of β-amino-alcohol motifs (C(OH)–C–C–N with tert-alkyl or cyclic N) is 1. The zero-order valence-corrected chi connectivity index (χ0v) is 19.2. The van der Waals surface area contributed by atoms with Gasteiger partial charge in [-0.3, -0.25) is 14.6 Å². The molecule has 2 aromatic carbocycles. The molecule has 4 rings (SSSR count). The highest BCUT2D eigenvalue weighted by Crippen LogP contribution is 2.23. The first-order chi connectivity index (χ1) is 16.5. The quantitative estimate of drug-likeness (QED) is 0.471. The zero-order chi connectivity index (χ0) is 23.8. The van der Waals surface area contributed by atoms with Crippen LogP contribution in [0.2, 0.25) is 0 Å². The molecule has 1 saturated heterocycles. The highest BCUT2D eigenvalue weighted by atomic mass is 16.5. The third-order valence-corrected chi connectivity index (χ3v) is 5.44. The van der Waals surface area contributed by atoms with E-state index >= 15 is 0 Å². The minimum atomic E-state index is -0.606. The van der Waals surface area contributed by atoms with Crippen molar-refractivity contribution in [1.29, 1.82) is 0 Å². The molecular formula is C25H30N4O5. The Kier molecular flexibility index (Phi) is 8.13. The van der Waals surface area contributed by atoms with Crippen LogP contribution in [0.15, 0.2) is 65.2 Å². The second-order valence-electron chi connectivity index (χ2n) is 8.30. The number of nitrogens with one attached hydrogen (secondary N) is 1. The number of carbonyl (C=O) groups is 1. The molecule has 1 aliphatic rings. The molecule has 0 bridgehead atoms. The van der Waals surface area contributed by atoms with Crippen molar-refractivity contribution in [3.05, 3.63) is 66.4 Å². The van der Waals surface area contributed by atoms with E-state index in [1.165, 1.54) is 0 Å². The molecule has 0 unspecified atom stereocenters. The first-order valence-corrected chi connectivity index (χ1v) is 11.4. The monoisotopic (exact) mass is 466 g/mol. The molecule has 180 valence electrons. The number of piperazine rings is 1. The highest BCUT2D eigenvalue weighted by Gasteiger charge is 2.21. The summed E-state index contributed by atoms with van der Waals surface area (Å²) >= 11 is 0. The van der Waals surface area contributed by atoms with Crippen molar-refractivity contribution in [2.75, 3.05) is 51.2 Å². The molecule has 34 heavy (non-hydrogen) atoms. The minimum Gasteiger partial charge on any atom is -0.491 e. The number of aromatic nitrogens is 1. The van der Waals surface area contributed by atoms with Crippen LogP contribution in [0.4, 0.5) is 5.82 Å². The van der Waals surface area contributed by atoms with Gasteiger partial charge in [-0.2, -0.15) is 0 Å². The molecule has 3 aromatic rings. The van der Waals surface area contributed by atoms with E-state index in [2.05, 4.69) is 20.3 Å². The van der Waals surface area contributed by atoms with Crippen LogP contribution in [-0.2, 0) is 4.79 Å². The summed E-state index contributed by atoms with van der Waals surface area (Å²) in [5, 5.41) is 16.9. The first kappa shape index (κ1) is 23.7. The number of benzene rings is 2. The number of ether oxygens (including phenoxy) is 2. The van der Waals surface area contributed by atoms with Gasteiger partial charge in [-0.25, -0.2) is 0 Å². The highest BCUT2D eigenvalue weighted by molar-refractivity contribution is 5.91. The lowest BCUT2D eigenvalue weighted by Gasteiger charge is -2.35. The third kappa shape index (κ3) is 7.31. The summed E-state index contributed by atoms with van der Waals surface area (Å²) in [5.74, 6) is 3.15. The largest absolute Gasteiger partial charge is 0.491 e. The molecule has 1 atom stereocenters. The number of carbonyl (C=O) groups excluding carboxylic acids is 1. The Bertz CT molecular complexity index is 1030. The van der Waals surface area contributed by atoms with Crippen LogP contribution in [-0.4, -0.2) is 77.9 Å². The van der Waals surface area contributed by atoms with Crippen molar-refractivity contribution in [2.45, 2.75) is 13.0 Å². The predicted octanol–water partition coefficient (Wildman–Crippen LogP) is 2.77.